The third-order valence-electron chi connectivity index (χ3n) is 8.25. The lowest BCUT2D eigenvalue weighted by Gasteiger charge is -2.36. The maximum absolute atomic E-state index is 12.0. The Bertz CT molecular complexity index is 809. The molecular weight excluding hydrogens is 412 g/mol. The first-order valence-electron chi connectivity index (χ1n) is 14.4. The zero-order valence-corrected chi connectivity index (χ0v) is 22.0. The smallest absolute Gasteiger partial charge is 0.126 e. The first-order chi connectivity index (χ1) is 16.7. The lowest BCUT2D eigenvalue weighted by Crippen LogP contribution is -2.28. The molecule has 0 spiro atoms. The number of unbranched alkanes of at least 4 members (excludes halogenated alkanes) is 8. The molecule has 2 aromatic carbocycles. The highest BCUT2D eigenvalue weighted by molar-refractivity contribution is 5.64. The van der Waals surface area contributed by atoms with Crippen LogP contribution in [0.4, 0.5) is 0 Å². The van der Waals surface area contributed by atoms with Crippen molar-refractivity contribution in [3.8, 4) is 11.1 Å². The van der Waals surface area contributed by atoms with Crippen LogP contribution in [0.25, 0.3) is 11.1 Å². The normalized spacial score (nSPS) is 20.4. The minimum absolute atomic E-state index is 0.0413. The minimum Gasteiger partial charge on any atom is -0.303 e. The van der Waals surface area contributed by atoms with Crippen LogP contribution in [0.3, 0.4) is 0 Å². The van der Waals surface area contributed by atoms with Crippen LogP contribution in [0.2, 0.25) is 0 Å². The summed E-state index contributed by atoms with van der Waals surface area (Å²) in [4.78, 5) is 12.0. The highest BCUT2D eigenvalue weighted by Gasteiger charge is 2.35. The molecule has 0 aliphatic heterocycles. The largest absolute Gasteiger partial charge is 0.303 e. The van der Waals surface area contributed by atoms with Crippen LogP contribution >= 0.6 is 0 Å². The van der Waals surface area contributed by atoms with Crippen LogP contribution in [-0.4, -0.2) is 6.29 Å². The molecule has 186 valence electrons. The van der Waals surface area contributed by atoms with E-state index in [4.69, 9.17) is 0 Å². The van der Waals surface area contributed by atoms with Crippen LogP contribution < -0.4 is 0 Å². The number of aldehydes is 1. The number of rotatable bonds is 15. The fourth-order valence-electron chi connectivity index (χ4n) is 5.78. The van der Waals surface area contributed by atoms with E-state index in [1.807, 2.05) is 0 Å². The Morgan fingerprint density at radius 3 is 1.79 bits per heavy atom. The molecule has 34 heavy (non-hydrogen) atoms. The van der Waals surface area contributed by atoms with E-state index in [0.29, 0.717) is 5.92 Å². The standard InChI is InChI=1S/C33H48O/c1-3-5-7-9-11-13-28-14-16-29(17-15-28)30-18-20-31(21-19-30)32-22-25-33(27-34,26-23-32)24-12-10-8-6-4-2/h14-21,27,32H,3-13,22-26H2,1-2H3. The van der Waals surface area contributed by atoms with Gasteiger partial charge in [-0.1, -0.05) is 120 Å². The predicted octanol–water partition coefficient (Wildman–Crippen LogP) is 10.1. The first kappa shape index (κ1) is 26.7. The van der Waals surface area contributed by atoms with E-state index in [2.05, 4.69) is 62.4 Å². The molecule has 0 saturated heterocycles. The molecule has 3 rings (SSSR count). The molecule has 1 aliphatic rings. The summed E-state index contributed by atoms with van der Waals surface area (Å²) in [6.45, 7) is 4.53. The highest BCUT2D eigenvalue weighted by Crippen LogP contribution is 2.45. The molecule has 0 N–H and O–H groups in total. The van der Waals surface area contributed by atoms with Crippen molar-refractivity contribution < 1.29 is 4.79 Å². The molecule has 0 heterocycles. The molecule has 1 fully saturated rings. The molecule has 2 aromatic rings. The summed E-state index contributed by atoms with van der Waals surface area (Å²) < 4.78 is 0. The van der Waals surface area contributed by atoms with Gasteiger partial charge >= 0.3 is 0 Å². The predicted molar refractivity (Wildman–Crippen MR) is 147 cm³/mol. The second kappa shape index (κ2) is 14.5. The Kier molecular flexibility index (Phi) is 11.4. The minimum atomic E-state index is -0.0413. The van der Waals surface area contributed by atoms with Gasteiger partial charge in [0, 0.05) is 5.41 Å². The van der Waals surface area contributed by atoms with E-state index in [0.717, 1.165) is 32.1 Å². The number of aryl methyl sites for hydroxylation is 1. The van der Waals surface area contributed by atoms with Gasteiger partial charge in [-0.05, 0) is 73.1 Å². The summed E-state index contributed by atoms with van der Waals surface area (Å²) in [6, 6.07) is 18.5. The summed E-state index contributed by atoms with van der Waals surface area (Å²) >= 11 is 0. The van der Waals surface area contributed by atoms with Crippen molar-refractivity contribution in [2.75, 3.05) is 0 Å². The SMILES string of the molecule is CCCCCCCc1ccc(-c2ccc(C3CCC(C=O)(CCCCCCC)CC3)cc2)cc1. The van der Waals surface area contributed by atoms with Crippen LogP contribution in [0.15, 0.2) is 48.5 Å². The molecule has 0 bridgehead atoms. The molecule has 0 unspecified atom stereocenters. The van der Waals surface area contributed by atoms with Gasteiger partial charge in [0.05, 0.1) is 0 Å². The van der Waals surface area contributed by atoms with Gasteiger partial charge in [0.15, 0.2) is 0 Å². The molecule has 0 radical (unpaired) electrons. The van der Waals surface area contributed by atoms with E-state index in [9.17, 15) is 4.79 Å². The van der Waals surface area contributed by atoms with E-state index in [1.54, 1.807) is 0 Å². The Labute approximate surface area is 209 Å². The Morgan fingerprint density at radius 2 is 1.24 bits per heavy atom. The summed E-state index contributed by atoms with van der Waals surface area (Å²) in [5, 5.41) is 0. The summed E-state index contributed by atoms with van der Waals surface area (Å²) in [6.07, 6.45) is 21.2. The number of hydrogen-bond acceptors (Lipinski definition) is 1. The molecule has 0 amide bonds. The number of carbonyl (C=O) groups excluding carboxylic acids is 1. The van der Waals surface area contributed by atoms with Gasteiger partial charge in [-0.3, -0.25) is 0 Å². The van der Waals surface area contributed by atoms with Crippen molar-refractivity contribution in [3.63, 3.8) is 0 Å². The van der Waals surface area contributed by atoms with Crippen molar-refractivity contribution in [2.45, 2.75) is 122 Å². The third-order valence-corrected chi connectivity index (χ3v) is 8.25. The van der Waals surface area contributed by atoms with Gasteiger partial charge in [-0.2, -0.15) is 0 Å². The Morgan fingerprint density at radius 1 is 0.706 bits per heavy atom. The monoisotopic (exact) mass is 460 g/mol. The summed E-state index contributed by atoms with van der Waals surface area (Å²) in [5.41, 5.74) is 5.50. The molecule has 1 aliphatic carbocycles. The Balaban J connectivity index is 1.47. The molecular formula is C33H48O. The number of benzene rings is 2. The second-order valence-electron chi connectivity index (χ2n) is 10.9. The van der Waals surface area contributed by atoms with Crippen molar-refractivity contribution in [1.29, 1.82) is 0 Å². The van der Waals surface area contributed by atoms with Crippen molar-refractivity contribution in [1.82, 2.24) is 0 Å². The van der Waals surface area contributed by atoms with Gasteiger partial charge in [0.25, 0.3) is 0 Å². The molecule has 1 saturated carbocycles. The summed E-state index contributed by atoms with van der Waals surface area (Å²) in [7, 11) is 0. The maximum atomic E-state index is 12.0. The lowest BCUT2D eigenvalue weighted by molar-refractivity contribution is -0.118. The van der Waals surface area contributed by atoms with E-state index in [1.165, 1.54) is 99.2 Å². The number of carbonyl (C=O) groups is 1. The van der Waals surface area contributed by atoms with Crippen LogP contribution in [-0.2, 0) is 11.2 Å². The summed E-state index contributed by atoms with van der Waals surface area (Å²) in [5.74, 6) is 0.609. The number of hydrogen-bond donors (Lipinski definition) is 0. The van der Waals surface area contributed by atoms with E-state index < -0.39 is 0 Å². The topological polar surface area (TPSA) is 17.1 Å². The van der Waals surface area contributed by atoms with Gasteiger partial charge in [0.1, 0.15) is 6.29 Å². The van der Waals surface area contributed by atoms with Crippen molar-refractivity contribution >= 4 is 6.29 Å². The van der Waals surface area contributed by atoms with Crippen LogP contribution in [0.1, 0.15) is 127 Å². The molecule has 0 atom stereocenters. The van der Waals surface area contributed by atoms with Crippen LogP contribution in [0.5, 0.6) is 0 Å². The van der Waals surface area contributed by atoms with Gasteiger partial charge in [0.2, 0.25) is 0 Å². The molecule has 0 aromatic heterocycles. The Hall–Kier alpha value is -1.89. The lowest BCUT2D eigenvalue weighted by atomic mass is 9.67. The fraction of sp³-hybridized carbons (Fsp3) is 0.606. The zero-order valence-electron chi connectivity index (χ0n) is 22.0. The highest BCUT2D eigenvalue weighted by atomic mass is 16.1. The van der Waals surface area contributed by atoms with Crippen LogP contribution in [0, 0.1) is 5.41 Å². The molecule has 1 nitrogen and oxygen atoms in total. The maximum Gasteiger partial charge on any atom is 0.126 e. The quantitative estimate of drug-likeness (QED) is 0.191. The second-order valence-corrected chi connectivity index (χ2v) is 10.9. The average Bonchev–Trinajstić information content (AvgIpc) is 2.89. The average molecular weight is 461 g/mol. The van der Waals surface area contributed by atoms with Gasteiger partial charge < -0.3 is 4.79 Å². The zero-order chi connectivity index (χ0) is 24.1. The van der Waals surface area contributed by atoms with Gasteiger partial charge in [-0.15, -0.1) is 0 Å². The first-order valence-corrected chi connectivity index (χ1v) is 14.4. The van der Waals surface area contributed by atoms with E-state index >= 15 is 0 Å². The molecule has 1 heteroatoms. The third kappa shape index (κ3) is 8.10. The van der Waals surface area contributed by atoms with Crippen molar-refractivity contribution in [2.24, 2.45) is 5.41 Å². The van der Waals surface area contributed by atoms with Gasteiger partial charge in [-0.25, -0.2) is 0 Å². The van der Waals surface area contributed by atoms with E-state index in [-0.39, 0.29) is 5.41 Å². The fourth-order valence-corrected chi connectivity index (χ4v) is 5.78. The van der Waals surface area contributed by atoms with Crippen molar-refractivity contribution in [3.05, 3.63) is 59.7 Å².